The number of hydrogen-bond donors (Lipinski definition) is 2. The molecule has 0 spiro atoms. The Hall–Kier alpha value is -1.14. The van der Waals surface area contributed by atoms with Crippen molar-refractivity contribution in [1.29, 1.82) is 0 Å². The molecule has 0 amide bonds. The summed E-state index contributed by atoms with van der Waals surface area (Å²) < 4.78 is 0. The summed E-state index contributed by atoms with van der Waals surface area (Å²) in [6, 6.07) is 1.37. The van der Waals surface area contributed by atoms with Crippen LogP contribution in [0.4, 0.5) is 0 Å². The van der Waals surface area contributed by atoms with Gasteiger partial charge in [0.1, 0.15) is 0 Å². The van der Waals surface area contributed by atoms with Crippen LogP contribution in [0.5, 0.6) is 0 Å². The van der Waals surface area contributed by atoms with Crippen molar-refractivity contribution in [3.8, 4) is 0 Å². The fraction of sp³-hybridized carbons (Fsp3) is 0.778. The third-order valence-electron chi connectivity index (χ3n) is 5.21. The Kier molecular flexibility index (Phi) is 6.49. The van der Waals surface area contributed by atoms with Crippen LogP contribution in [0.3, 0.4) is 0 Å². The molecule has 2 fully saturated rings. The normalized spacial score (nSPS) is 23.1. The van der Waals surface area contributed by atoms with Crippen molar-refractivity contribution in [2.45, 2.75) is 64.0 Å². The molecule has 1 aliphatic heterocycles. The average molecular weight is 350 g/mol. The van der Waals surface area contributed by atoms with Crippen molar-refractivity contribution in [3.63, 3.8) is 0 Å². The molecule has 0 bridgehead atoms. The van der Waals surface area contributed by atoms with E-state index in [1.165, 1.54) is 48.5 Å². The van der Waals surface area contributed by atoms with Gasteiger partial charge in [-0.05, 0) is 25.7 Å². The lowest BCUT2D eigenvalue weighted by molar-refractivity contribution is 0.242. The molecule has 5 nitrogen and oxygen atoms in total. The summed E-state index contributed by atoms with van der Waals surface area (Å²) in [5.41, 5.74) is 0. The molecule has 2 aliphatic rings. The predicted octanol–water partition coefficient (Wildman–Crippen LogP) is 2.43. The first-order valence-corrected chi connectivity index (χ1v) is 10.2. The molecule has 24 heavy (non-hydrogen) atoms. The summed E-state index contributed by atoms with van der Waals surface area (Å²) in [5.74, 6) is 0.931. The summed E-state index contributed by atoms with van der Waals surface area (Å²) in [6.45, 7) is 5.46. The monoisotopic (exact) mass is 349 g/mol. The summed E-state index contributed by atoms with van der Waals surface area (Å²) in [5, 5.41) is 8.26. The van der Waals surface area contributed by atoms with Gasteiger partial charge in [0.05, 0.1) is 5.01 Å². The molecule has 1 saturated heterocycles. The number of aromatic nitrogens is 1. The van der Waals surface area contributed by atoms with Gasteiger partial charge >= 0.3 is 0 Å². The van der Waals surface area contributed by atoms with Crippen molar-refractivity contribution in [2.24, 2.45) is 4.99 Å². The second-order valence-corrected chi connectivity index (χ2v) is 8.09. The molecule has 1 atom stereocenters. The SMILES string of the molecule is CCc1cnc(CCNC(=NC)NC2CCN(C3CCCC3)C2)s1. The van der Waals surface area contributed by atoms with Gasteiger partial charge in [-0.15, -0.1) is 11.3 Å². The molecule has 1 saturated carbocycles. The largest absolute Gasteiger partial charge is 0.356 e. The van der Waals surface area contributed by atoms with Crippen molar-refractivity contribution in [1.82, 2.24) is 20.5 Å². The van der Waals surface area contributed by atoms with Crippen LogP contribution in [0, 0.1) is 0 Å². The number of nitrogens with one attached hydrogen (secondary N) is 2. The van der Waals surface area contributed by atoms with Gasteiger partial charge in [0.2, 0.25) is 0 Å². The van der Waals surface area contributed by atoms with Crippen LogP contribution in [0.1, 0.15) is 48.9 Å². The van der Waals surface area contributed by atoms with E-state index in [1.54, 1.807) is 0 Å². The van der Waals surface area contributed by atoms with Crippen LogP contribution in [0.25, 0.3) is 0 Å². The summed E-state index contributed by atoms with van der Waals surface area (Å²) in [7, 11) is 1.86. The van der Waals surface area contributed by atoms with Crippen LogP contribution in [0.15, 0.2) is 11.2 Å². The van der Waals surface area contributed by atoms with E-state index < -0.39 is 0 Å². The van der Waals surface area contributed by atoms with Crippen molar-refractivity contribution in [2.75, 3.05) is 26.7 Å². The lowest BCUT2D eigenvalue weighted by Gasteiger charge is -2.24. The minimum atomic E-state index is 0.531. The van der Waals surface area contributed by atoms with Gasteiger partial charge < -0.3 is 10.6 Å². The summed E-state index contributed by atoms with van der Waals surface area (Å²) in [6.07, 6.45) is 10.9. The van der Waals surface area contributed by atoms with Crippen molar-refractivity contribution in [3.05, 3.63) is 16.1 Å². The van der Waals surface area contributed by atoms with E-state index in [2.05, 4.69) is 32.4 Å². The third-order valence-corrected chi connectivity index (χ3v) is 6.41. The number of thiazole rings is 1. The molecule has 134 valence electrons. The Balaban J connectivity index is 1.38. The Morgan fingerprint density at radius 2 is 2.21 bits per heavy atom. The Morgan fingerprint density at radius 3 is 2.92 bits per heavy atom. The van der Waals surface area contributed by atoms with Gasteiger partial charge in [0, 0.05) is 56.3 Å². The molecule has 6 heteroatoms. The molecular formula is C18H31N5S. The van der Waals surface area contributed by atoms with Crippen LogP contribution < -0.4 is 10.6 Å². The summed E-state index contributed by atoms with van der Waals surface area (Å²) >= 11 is 1.82. The molecule has 0 radical (unpaired) electrons. The van der Waals surface area contributed by atoms with E-state index in [0.29, 0.717) is 6.04 Å². The second-order valence-electron chi connectivity index (χ2n) is 6.89. The number of nitrogens with zero attached hydrogens (tertiary/aromatic N) is 3. The third kappa shape index (κ3) is 4.70. The molecule has 1 unspecified atom stereocenters. The number of rotatable bonds is 6. The molecule has 1 aromatic heterocycles. The van der Waals surface area contributed by atoms with Crippen LogP contribution in [-0.4, -0.2) is 54.6 Å². The van der Waals surface area contributed by atoms with E-state index in [1.807, 2.05) is 24.6 Å². The lowest BCUT2D eigenvalue weighted by Crippen LogP contribution is -2.45. The maximum absolute atomic E-state index is 4.48. The first kappa shape index (κ1) is 17.7. The van der Waals surface area contributed by atoms with E-state index in [0.717, 1.165) is 37.9 Å². The van der Waals surface area contributed by atoms with Gasteiger partial charge in [0.15, 0.2) is 5.96 Å². The van der Waals surface area contributed by atoms with Gasteiger partial charge in [-0.1, -0.05) is 19.8 Å². The quantitative estimate of drug-likeness (QED) is 0.612. The topological polar surface area (TPSA) is 52.6 Å². The predicted molar refractivity (Wildman–Crippen MR) is 102 cm³/mol. The summed E-state index contributed by atoms with van der Waals surface area (Å²) in [4.78, 5) is 12.9. The van der Waals surface area contributed by atoms with Crippen LogP contribution in [-0.2, 0) is 12.8 Å². The fourth-order valence-electron chi connectivity index (χ4n) is 3.81. The second kappa shape index (κ2) is 8.81. The van der Waals surface area contributed by atoms with Gasteiger partial charge in [-0.3, -0.25) is 9.89 Å². The number of likely N-dealkylation sites (tertiary alicyclic amines) is 1. The highest BCUT2D eigenvalue weighted by Crippen LogP contribution is 2.26. The van der Waals surface area contributed by atoms with E-state index in [9.17, 15) is 0 Å². The van der Waals surface area contributed by atoms with E-state index in [-0.39, 0.29) is 0 Å². The molecule has 1 aromatic rings. The minimum absolute atomic E-state index is 0.531. The number of aliphatic imine (C=N–C) groups is 1. The number of hydrogen-bond acceptors (Lipinski definition) is 4. The highest BCUT2D eigenvalue weighted by molar-refractivity contribution is 7.11. The highest BCUT2D eigenvalue weighted by atomic mass is 32.1. The van der Waals surface area contributed by atoms with Crippen LogP contribution in [0.2, 0.25) is 0 Å². The Labute approximate surface area is 150 Å². The number of guanidine groups is 1. The molecule has 0 aromatic carbocycles. The van der Waals surface area contributed by atoms with Crippen LogP contribution >= 0.6 is 11.3 Å². The zero-order chi connectivity index (χ0) is 16.8. The Bertz CT molecular complexity index is 535. The van der Waals surface area contributed by atoms with E-state index >= 15 is 0 Å². The zero-order valence-corrected chi connectivity index (χ0v) is 15.9. The fourth-order valence-corrected chi connectivity index (χ4v) is 4.67. The average Bonchev–Trinajstić information content (AvgIpc) is 3.34. The molecule has 3 rings (SSSR count). The first-order chi connectivity index (χ1) is 11.8. The smallest absolute Gasteiger partial charge is 0.191 e. The van der Waals surface area contributed by atoms with Gasteiger partial charge in [-0.2, -0.15) is 0 Å². The lowest BCUT2D eigenvalue weighted by atomic mass is 10.2. The first-order valence-electron chi connectivity index (χ1n) is 9.43. The Morgan fingerprint density at radius 1 is 1.38 bits per heavy atom. The maximum atomic E-state index is 4.48. The zero-order valence-electron chi connectivity index (χ0n) is 15.1. The van der Waals surface area contributed by atoms with Gasteiger partial charge in [0.25, 0.3) is 0 Å². The standard InChI is InChI=1S/C18H31N5S/c1-3-16-12-21-17(24-16)8-10-20-18(19-2)22-14-9-11-23(13-14)15-6-4-5-7-15/h12,14-15H,3-11,13H2,1-2H3,(H2,19,20,22). The number of aryl methyl sites for hydroxylation is 1. The molecular weight excluding hydrogens is 318 g/mol. The minimum Gasteiger partial charge on any atom is -0.356 e. The van der Waals surface area contributed by atoms with Crippen molar-refractivity contribution >= 4 is 17.3 Å². The molecule has 2 heterocycles. The van der Waals surface area contributed by atoms with E-state index in [4.69, 9.17) is 0 Å². The van der Waals surface area contributed by atoms with Gasteiger partial charge in [-0.25, -0.2) is 4.98 Å². The maximum Gasteiger partial charge on any atom is 0.191 e. The molecule has 1 aliphatic carbocycles. The highest BCUT2D eigenvalue weighted by Gasteiger charge is 2.30. The molecule has 2 N–H and O–H groups in total. The van der Waals surface area contributed by atoms with Crippen molar-refractivity contribution < 1.29 is 0 Å².